The number of hydrogen-bond donors (Lipinski definition) is 0. The monoisotopic (exact) mass is 106 g/mol. The zero-order valence-corrected chi connectivity index (χ0v) is 4.16. The van der Waals surface area contributed by atoms with E-state index in [0.717, 1.165) is 5.71 Å². The summed E-state index contributed by atoms with van der Waals surface area (Å²) in [5, 5.41) is 0. The van der Waals surface area contributed by atoms with Crippen LogP contribution in [-0.4, -0.2) is 4.40 Å². The van der Waals surface area contributed by atoms with Crippen molar-refractivity contribution in [3.05, 3.63) is 30.8 Å². The molecule has 0 saturated heterocycles. The summed E-state index contributed by atoms with van der Waals surface area (Å²) in [6.45, 7) is 0. The van der Waals surface area contributed by atoms with Crippen LogP contribution in [0.2, 0.25) is 0 Å². The minimum Gasteiger partial charge on any atom is -0.435 e. The molecule has 0 fully saturated rings. The normalized spacial score (nSPS) is 10.5. The molecule has 0 unspecified atom stereocenters. The van der Waals surface area contributed by atoms with Gasteiger partial charge in [-0.3, -0.25) is 4.40 Å². The molecule has 2 rings (SSSR count). The van der Waals surface area contributed by atoms with Crippen LogP contribution in [0.25, 0.3) is 5.71 Å². The summed E-state index contributed by atoms with van der Waals surface area (Å²) in [4.78, 5) is 0. The second-order valence-corrected chi connectivity index (χ2v) is 1.60. The molecule has 39 valence electrons. The fraction of sp³-hybridized carbons (Fsp3) is 0. The lowest BCUT2D eigenvalue weighted by Crippen LogP contribution is -1.65. The number of aromatic nitrogens is 1. The van der Waals surface area contributed by atoms with Gasteiger partial charge in [0.1, 0.15) is 0 Å². The van der Waals surface area contributed by atoms with Gasteiger partial charge in [-0.1, -0.05) is 0 Å². The highest BCUT2D eigenvalue weighted by Gasteiger charge is 1.89. The molecule has 2 heterocycles. The van der Waals surface area contributed by atoms with Crippen LogP contribution in [0.4, 0.5) is 0 Å². The van der Waals surface area contributed by atoms with Crippen molar-refractivity contribution < 1.29 is 4.42 Å². The van der Waals surface area contributed by atoms with E-state index in [1.54, 1.807) is 6.20 Å². The van der Waals surface area contributed by atoms with Crippen LogP contribution in [-0.2, 0) is 0 Å². The Morgan fingerprint density at radius 1 is 1.62 bits per heavy atom. The average molecular weight is 106 g/mol. The van der Waals surface area contributed by atoms with Gasteiger partial charge in [0, 0.05) is 12.3 Å². The molecule has 0 aliphatic heterocycles. The van der Waals surface area contributed by atoms with Crippen LogP contribution in [0.3, 0.4) is 0 Å². The summed E-state index contributed by atoms with van der Waals surface area (Å²) in [6, 6.07) is 3.81. The van der Waals surface area contributed by atoms with E-state index in [1.807, 2.05) is 22.7 Å². The highest BCUT2D eigenvalue weighted by molar-refractivity contribution is 5.33. The minimum absolute atomic E-state index is 0.838. The van der Waals surface area contributed by atoms with Gasteiger partial charge in [-0.25, -0.2) is 0 Å². The van der Waals surface area contributed by atoms with Crippen LogP contribution in [0, 0.1) is 6.26 Å². The first kappa shape index (κ1) is 3.78. The van der Waals surface area contributed by atoms with Crippen LogP contribution < -0.4 is 0 Å². The second-order valence-electron chi connectivity index (χ2n) is 1.60. The van der Waals surface area contributed by atoms with E-state index in [4.69, 9.17) is 4.42 Å². The van der Waals surface area contributed by atoms with Gasteiger partial charge in [0.2, 0.25) is 5.71 Å². The lowest BCUT2D eigenvalue weighted by atomic mass is 10.7. The lowest BCUT2D eigenvalue weighted by molar-refractivity contribution is 0.599. The molecular weight excluding hydrogens is 102 g/mol. The van der Waals surface area contributed by atoms with Crippen LogP contribution in [0.15, 0.2) is 28.9 Å². The molecule has 8 heavy (non-hydrogen) atoms. The summed E-state index contributed by atoms with van der Waals surface area (Å²) in [5.74, 6) is 0. The van der Waals surface area contributed by atoms with Crippen molar-refractivity contribution in [2.24, 2.45) is 0 Å². The molecule has 0 N–H and O–H groups in total. The number of oxazole rings is 1. The Morgan fingerprint density at radius 2 is 2.62 bits per heavy atom. The van der Waals surface area contributed by atoms with Crippen LogP contribution in [0.5, 0.6) is 0 Å². The minimum atomic E-state index is 0.838. The van der Waals surface area contributed by atoms with Gasteiger partial charge < -0.3 is 4.42 Å². The molecule has 2 aromatic heterocycles. The van der Waals surface area contributed by atoms with Crippen LogP contribution in [0.1, 0.15) is 0 Å². The summed E-state index contributed by atoms with van der Waals surface area (Å²) in [5.41, 5.74) is 0.838. The van der Waals surface area contributed by atoms with E-state index in [0.29, 0.717) is 0 Å². The van der Waals surface area contributed by atoms with Crippen molar-refractivity contribution in [3.63, 3.8) is 0 Å². The average Bonchev–Trinajstić information content (AvgIpc) is 2.15. The van der Waals surface area contributed by atoms with E-state index in [9.17, 15) is 0 Å². The molecule has 0 aromatic carbocycles. The molecule has 0 amide bonds. The Labute approximate surface area is 46.3 Å². The quantitative estimate of drug-likeness (QED) is 0.495. The van der Waals surface area contributed by atoms with Crippen molar-refractivity contribution in [3.8, 4) is 0 Å². The first-order valence-corrected chi connectivity index (χ1v) is 2.39. The molecule has 0 aliphatic carbocycles. The van der Waals surface area contributed by atoms with Crippen LogP contribution >= 0.6 is 0 Å². The molecule has 0 spiro atoms. The molecule has 0 bridgehead atoms. The molecule has 2 nitrogen and oxygen atoms in total. The molecular formula is C6H4NO. The Kier molecular flexibility index (Phi) is 0.545. The molecule has 2 heteroatoms. The fourth-order valence-corrected chi connectivity index (χ4v) is 0.714. The van der Waals surface area contributed by atoms with Crippen molar-refractivity contribution in [1.29, 1.82) is 0 Å². The molecule has 0 saturated carbocycles. The fourth-order valence-electron chi connectivity index (χ4n) is 0.714. The summed E-state index contributed by atoms with van der Waals surface area (Å²) >= 11 is 0. The standard InChI is InChI=1S/C6H4NO/c1-2-6-7(3-1)4-5-8-6/h1-4H. The molecule has 0 atom stereocenters. The third-order valence-corrected chi connectivity index (χ3v) is 1.10. The smallest absolute Gasteiger partial charge is 0.204 e. The first-order valence-electron chi connectivity index (χ1n) is 2.39. The Balaban J connectivity index is 3.06. The van der Waals surface area contributed by atoms with Crippen molar-refractivity contribution in [2.75, 3.05) is 0 Å². The van der Waals surface area contributed by atoms with E-state index in [1.165, 1.54) is 0 Å². The Bertz CT molecular complexity index is 230. The molecule has 1 radical (unpaired) electrons. The van der Waals surface area contributed by atoms with E-state index >= 15 is 0 Å². The van der Waals surface area contributed by atoms with Gasteiger partial charge in [-0.15, -0.1) is 0 Å². The van der Waals surface area contributed by atoms with Crippen molar-refractivity contribution in [1.82, 2.24) is 4.40 Å². The highest BCUT2D eigenvalue weighted by Crippen LogP contribution is 2.01. The molecule has 2 aromatic rings. The topological polar surface area (TPSA) is 17.6 Å². The second kappa shape index (κ2) is 1.15. The Hall–Kier alpha value is -1.18. The van der Waals surface area contributed by atoms with E-state index in [2.05, 4.69) is 6.26 Å². The predicted octanol–water partition coefficient (Wildman–Crippen LogP) is 1.33. The zero-order valence-electron chi connectivity index (χ0n) is 4.16. The maximum absolute atomic E-state index is 4.90. The Morgan fingerprint density at radius 3 is 3.50 bits per heavy atom. The van der Waals surface area contributed by atoms with Gasteiger partial charge in [-0.05, 0) is 6.07 Å². The van der Waals surface area contributed by atoms with Crippen molar-refractivity contribution in [2.45, 2.75) is 0 Å². The van der Waals surface area contributed by atoms with Gasteiger partial charge in [0.15, 0.2) is 6.26 Å². The van der Waals surface area contributed by atoms with Gasteiger partial charge in [0.05, 0.1) is 6.20 Å². The van der Waals surface area contributed by atoms with E-state index in [-0.39, 0.29) is 0 Å². The lowest BCUT2D eigenvalue weighted by Gasteiger charge is -1.72. The maximum atomic E-state index is 4.90. The van der Waals surface area contributed by atoms with Crippen molar-refractivity contribution >= 4 is 5.71 Å². The summed E-state index contributed by atoms with van der Waals surface area (Å²) in [7, 11) is 0. The highest BCUT2D eigenvalue weighted by atomic mass is 16.3. The third-order valence-electron chi connectivity index (χ3n) is 1.10. The number of rotatable bonds is 0. The largest absolute Gasteiger partial charge is 0.435 e. The number of nitrogens with zero attached hydrogens (tertiary/aromatic N) is 1. The number of fused-ring (bicyclic) bond motifs is 1. The van der Waals surface area contributed by atoms with E-state index < -0.39 is 0 Å². The third kappa shape index (κ3) is 0.320. The summed E-state index contributed by atoms with van der Waals surface area (Å²) < 4.78 is 6.76. The molecule has 0 aliphatic rings. The first-order chi connectivity index (χ1) is 3.97. The predicted molar refractivity (Wildman–Crippen MR) is 28.5 cm³/mol. The summed E-state index contributed by atoms with van der Waals surface area (Å²) in [6.07, 6.45) is 6.26. The number of hydrogen-bond acceptors (Lipinski definition) is 1. The zero-order chi connectivity index (χ0) is 5.40. The van der Waals surface area contributed by atoms with Gasteiger partial charge in [0.25, 0.3) is 0 Å². The van der Waals surface area contributed by atoms with Gasteiger partial charge >= 0.3 is 0 Å². The SMILES string of the molecule is [c]1cn2cccc2o1. The maximum Gasteiger partial charge on any atom is 0.204 e. The van der Waals surface area contributed by atoms with Gasteiger partial charge in [-0.2, -0.15) is 0 Å².